The SMILES string of the molecule is CC(O)C1CCN(C(=O)c2ccc(F)cc2[N+](=O)[O-])C1. The number of hydrogen-bond donors (Lipinski definition) is 1. The number of nitro benzene ring substituents is 1. The maximum atomic E-state index is 13.1. The Labute approximate surface area is 115 Å². The van der Waals surface area contributed by atoms with Crippen LogP contribution in [0.25, 0.3) is 0 Å². The molecule has 0 saturated carbocycles. The number of nitro groups is 1. The molecule has 2 rings (SSSR count). The van der Waals surface area contributed by atoms with E-state index in [0.717, 1.165) is 18.2 Å². The normalized spacial score (nSPS) is 19.9. The standard InChI is InChI=1S/C13H15FN2O4/c1-8(17)9-4-5-15(7-9)13(18)11-3-2-10(14)6-12(11)16(19)20/h2-3,6,8-9,17H,4-5,7H2,1H3. The number of amides is 1. The zero-order valence-electron chi connectivity index (χ0n) is 11.0. The number of likely N-dealkylation sites (tertiary alicyclic amines) is 1. The van der Waals surface area contributed by atoms with Crippen LogP contribution in [0.5, 0.6) is 0 Å². The molecule has 0 radical (unpaired) electrons. The van der Waals surface area contributed by atoms with Crippen molar-refractivity contribution in [1.82, 2.24) is 4.90 Å². The highest BCUT2D eigenvalue weighted by Gasteiger charge is 2.32. The third kappa shape index (κ3) is 2.77. The predicted molar refractivity (Wildman–Crippen MR) is 68.7 cm³/mol. The first-order chi connectivity index (χ1) is 9.40. The van der Waals surface area contributed by atoms with E-state index >= 15 is 0 Å². The Morgan fingerprint density at radius 1 is 1.60 bits per heavy atom. The second-order valence-corrected chi connectivity index (χ2v) is 4.96. The van der Waals surface area contributed by atoms with Crippen LogP contribution in [0.15, 0.2) is 18.2 Å². The number of rotatable bonds is 3. The molecule has 0 bridgehead atoms. The van der Waals surface area contributed by atoms with Crippen molar-refractivity contribution in [2.45, 2.75) is 19.4 Å². The number of halogens is 1. The van der Waals surface area contributed by atoms with Crippen LogP contribution in [0.2, 0.25) is 0 Å². The van der Waals surface area contributed by atoms with Gasteiger partial charge in [0.05, 0.1) is 17.1 Å². The first-order valence-electron chi connectivity index (χ1n) is 6.31. The van der Waals surface area contributed by atoms with Crippen molar-refractivity contribution >= 4 is 11.6 Å². The second kappa shape index (κ2) is 5.54. The average molecular weight is 282 g/mol. The highest BCUT2D eigenvalue weighted by molar-refractivity contribution is 5.98. The fraction of sp³-hybridized carbons (Fsp3) is 0.462. The van der Waals surface area contributed by atoms with Crippen molar-refractivity contribution in [3.05, 3.63) is 39.7 Å². The lowest BCUT2D eigenvalue weighted by Gasteiger charge is -2.17. The largest absolute Gasteiger partial charge is 0.393 e. The lowest BCUT2D eigenvalue weighted by molar-refractivity contribution is -0.385. The Morgan fingerprint density at radius 3 is 2.85 bits per heavy atom. The summed E-state index contributed by atoms with van der Waals surface area (Å²) in [5, 5.41) is 20.4. The van der Waals surface area contributed by atoms with Gasteiger partial charge in [-0.2, -0.15) is 0 Å². The van der Waals surface area contributed by atoms with Gasteiger partial charge in [0, 0.05) is 19.0 Å². The van der Waals surface area contributed by atoms with E-state index in [2.05, 4.69) is 0 Å². The van der Waals surface area contributed by atoms with Crippen LogP contribution >= 0.6 is 0 Å². The van der Waals surface area contributed by atoms with Gasteiger partial charge in [0.25, 0.3) is 11.6 Å². The first-order valence-corrected chi connectivity index (χ1v) is 6.31. The van der Waals surface area contributed by atoms with Crippen LogP contribution in [0, 0.1) is 21.8 Å². The third-order valence-corrected chi connectivity index (χ3v) is 3.58. The van der Waals surface area contributed by atoms with Crippen LogP contribution in [-0.4, -0.2) is 40.0 Å². The molecule has 1 heterocycles. The predicted octanol–water partition coefficient (Wildman–Crippen LogP) is 1.58. The van der Waals surface area contributed by atoms with E-state index in [4.69, 9.17) is 0 Å². The van der Waals surface area contributed by atoms with Gasteiger partial charge in [-0.15, -0.1) is 0 Å². The van der Waals surface area contributed by atoms with E-state index in [9.17, 15) is 24.4 Å². The molecule has 1 saturated heterocycles. The number of benzene rings is 1. The van der Waals surface area contributed by atoms with Crippen LogP contribution in [-0.2, 0) is 0 Å². The van der Waals surface area contributed by atoms with Crippen LogP contribution in [0.4, 0.5) is 10.1 Å². The molecule has 1 aliphatic rings. The molecule has 1 N–H and O–H groups in total. The van der Waals surface area contributed by atoms with Crippen molar-refractivity contribution in [2.75, 3.05) is 13.1 Å². The van der Waals surface area contributed by atoms with Gasteiger partial charge in [-0.05, 0) is 25.5 Å². The Bertz CT molecular complexity index is 547. The molecule has 6 nitrogen and oxygen atoms in total. The minimum Gasteiger partial charge on any atom is -0.393 e. The monoisotopic (exact) mass is 282 g/mol. The smallest absolute Gasteiger partial charge is 0.285 e. The number of aliphatic hydroxyl groups is 1. The minimum atomic E-state index is -0.765. The van der Waals surface area contributed by atoms with Gasteiger partial charge in [-0.1, -0.05) is 0 Å². The van der Waals surface area contributed by atoms with Crippen molar-refractivity contribution < 1.29 is 19.2 Å². The van der Waals surface area contributed by atoms with E-state index in [0.29, 0.717) is 19.5 Å². The van der Waals surface area contributed by atoms with Gasteiger partial charge in [-0.3, -0.25) is 14.9 Å². The molecule has 0 spiro atoms. The second-order valence-electron chi connectivity index (χ2n) is 4.96. The van der Waals surface area contributed by atoms with Crippen molar-refractivity contribution in [3.8, 4) is 0 Å². The molecule has 1 aromatic carbocycles. The minimum absolute atomic E-state index is 0.0292. The van der Waals surface area contributed by atoms with E-state index in [1.165, 1.54) is 4.90 Å². The van der Waals surface area contributed by atoms with Gasteiger partial charge in [0.15, 0.2) is 0 Å². The summed E-state index contributed by atoms with van der Waals surface area (Å²) in [5.41, 5.74) is -0.655. The molecule has 2 atom stereocenters. The molecule has 0 aromatic heterocycles. The number of hydrogen-bond acceptors (Lipinski definition) is 4. The summed E-state index contributed by atoms with van der Waals surface area (Å²) in [7, 11) is 0. The van der Waals surface area contributed by atoms with E-state index in [-0.39, 0.29) is 11.5 Å². The van der Waals surface area contributed by atoms with Gasteiger partial charge in [0.1, 0.15) is 11.4 Å². The number of carbonyl (C=O) groups excluding carboxylic acids is 1. The maximum Gasteiger partial charge on any atom is 0.285 e. The number of aliphatic hydroxyl groups excluding tert-OH is 1. The molecule has 0 aliphatic carbocycles. The highest BCUT2D eigenvalue weighted by atomic mass is 19.1. The molecule has 20 heavy (non-hydrogen) atoms. The van der Waals surface area contributed by atoms with E-state index < -0.39 is 28.4 Å². The Kier molecular flexibility index (Phi) is 3.99. The quantitative estimate of drug-likeness (QED) is 0.674. The lowest BCUT2D eigenvalue weighted by Crippen LogP contribution is -2.30. The molecule has 1 aliphatic heterocycles. The lowest BCUT2D eigenvalue weighted by atomic mass is 10.0. The molecular weight excluding hydrogens is 267 g/mol. The fourth-order valence-electron chi connectivity index (χ4n) is 2.37. The van der Waals surface area contributed by atoms with Crippen molar-refractivity contribution in [3.63, 3.8) is 0 Å². The van der Waals surface area contributed by atoms with Crippen LogP contribution < -0.4 is 0 Å². The number of nitrogens with zero attached hydrogens (tertiary/aromatic N) is 2. The summed E-state index contributed by atoms with van der Waals surface area (Å²) in [6, 6.07) is 2.91. The van der Waals surface area contributed by atoms with Crippen LogP contribution in [0.3, 0.4) is 0 Å². The van der Waals surface area contributed by atoms with Crippen molar-refractivity contribution in [2.24, 2.45) is 5.92 Å². The van der Waals surface area contributed by atoms with E-state index in [1.807, 2.05) is 0 Å². The Balaban J connectivity index is 2.24. The fourth-order valence-corrected chi connectivity index (χ4v) is 2.37. The summed E-state index contributed by atoms with van der Waals surface area (Å²) in [6.07, 6.45) is 0.120. The Hall–Kier alpha value is -2.02. The van der Waals surface area contributed by atoms with Crippen molar-refractivity contribution in [1.29, 1.82) is 0 Å². The van der Waals surface area contributed by atoms with Crippen LogP contribution in [0.1, 0.15) is 23.7 Å². The third-order valence-electron chi connectivity index (χ3n) is 3.58. The summed E-state index contributed by atoms with van der Waals surface area (Å²) < 4.78 is 13.1. The highest BCUT2D eigenvalue weighted by Crippen LogP contribution is 2.26. The average Bonchev–Trinajstić information content (AvgIpc) is 2.87. The topological polar surface area (TPSA) is 83.7 Å². The van der Waals surface area contributed by atoms with Gasteiger partial charge < -0.3 is 10.0 Å². The maximum absolute atomic E-state index is 13.1. The zero-order chi connectivity index (χ0) is 14.9. The van der Waals surface area contributed by atoms with Gasteiger partial charge in [-0.25, -0.2) is 4.39 Å². The summed E-state index contributed by atoms with van der Waals surface area (Å²) in [4.78, 5) is 23.9. The molecule has 1 fully saturated rings. The number of carbonyl (C=O) groups is 1. The van der Waals surface area contributed by atoms with Gasteiger partial charge >= 0.3 is 0 Å². The summed E-state index contributed by atoms with van der Waals surface area (Å²) >= 11 is 0. The molecule has 2 unspecified atom stereocenters. The van der Waals surface area contributed by atoms with E-state index in [1.54, 1.807) is 6.92 Å². The molecular formula is C13H15FN2O4. The molecule has 1 amide bonds. The van der Waals surface area contributed by atoms with Gasteiger partial charge in [0.2, 0.25) is 0 Å². The first kappa shape index (κ1) is 14.4. The molecule has 1 aromatic rings. The summed E-state index contributed by atoms with van der Waals surface area (Å²) in [5.74, 6) is -1.28. The Morgan fingerprint density at radius 2 is 2.30 bits per heavy atom. The molecule has 108 valence electrons. The summed E-state index contributed by atoms with van der Waals surface area (Å²) in [6.45, 7) is 2.44. The molecule has 7 heteroatoms. The zero-order valence-corrected chi connectivity index (χ0v) is 11.0.